The fraction of sp³-hybridized carbons (Fsp3) is 0.462. The fourth-order valence-corrected chi connectivity index (χ4v) is 1.29. The Morgan fingerprint density at radius 1 is 1.17 bits per heavy atom. The second-order valence-electron chi connectivity index (χ2n) is 3.74. The molecule has 1 rings (SSSR count). The second kappa shape index (κ2) is 8.36. The zero-order chi connectivity index (χ0) is 13.2. The van der Waals surface area contributed by atoms with E-state index < -0.39 is 5.97 Å². The number of hydrogen-bond donors (Lipinski definition) is 2. The molecule has 0 aliphatic rings. The van der Waals surface area contributed by atoms with Gasteiger partial charge in [0.1, 0.15) is 18.1 Å². The Kier molecular flexibility index (Phi) is 6.64. The van der Waals surface area contributed by atoms with Gasteiger partial charge in [0, 0.05) is 6.54 Å². The molecule has 0 bridgehead atoms. The summed E-state index contributed by atoms with van der Waals surface area (Å²) in [6.45, 7) is 3.65. The molecule has 0 saturated carbocycles. The van der Waals surface area contributed by atoms with Gasteiger partial charge in [-0.15, -0.1) is 0 Å². The average molecular weight is 253 g/mol. The van der Waals surface area contributed by atoms with Gasteiger partial charge in [-0.3, -0.25) is 4.79 Å². The molecule has 0 fully saturated rings. The van der Waals surface area contributed by atoms with Crippen LogP contribution in [0, 0.1) is 0 Å². The Balaban J connectivity index is 2.20. The van der Waals surface area contributed by atoms with Gasteiger partial charge in [0.25, 0.3) is 0 Å². The van der Waals surface area contributed by atoms with Crippen molar-refractivity contribution in [2.45, 2.75) is 13.3 Å². The molecule has 0 atom stereocenters. The summed E-state index contributed by atoms with van der Waals surface area (Å²) < 4.78 is 10.9. The molecule has 5 nitrogen and oxygen atoms in total. The van der Waals surface area contributed by atoms with Crippen molar-refractivity contribution in [3.8, 4) is 11.5 Å². The van der Waals surface area contributed by atoms with E-state index in [2.05, 4.69) is 12.2 Å². The van der Waals surface area contributed by atoms with Crippen LogP contribution in [0.3, 0.4) is 0 Å². The first-order chi connectivity index (χ1) is 8.72. The van der Waals surface area contributed by atoms with E-state index in [0.717, 1.165) is 17.9 Å². The van der Waals surface area contributed by atoms with E-state index in [1.165, 1.54) is 0 Å². The molecule has 0 aliphatic carbocycles. The van der Waals surface area contributed by atoms with E-state index in [-0.39, 0.29) is 6.54 Å². The number of ether oxygens (including phenoxy) is 2. The van der Waals surface area contributed by atoms with E-state index in [0.29, 0.717) is 19.8 Å². The van der Waals surface area contributed by atoms with Crippen LogP contribution in [0.5, 0.6) is 11.5 Å². The van der Waals surface area contributed by atoms with Crippen molar-refractivity contribution in [1.29, 1.82) is 0 Å². The van der Waals surface area contributed by atoms with E-state index in [1.807, 2.05) is 24.3 Å². The number of rotatable bonds is 9. The summed E-state index contributed by atoms with van der Waals surface area (Å²) in [5, 5.41) is 11.2. The third kappa shape index (κ3) is 6.10. The van der Waals surface area contributed by atoms with Gasteiger partial charge >= 0.3 is 5.97 Å². The summed E-state index contributed by atoms with van der Waals surface area (Å²) in [6.07, 6.45) is 0.980. The second-order valence-corrected chi connectivity index (χ2v) is 3.74. The lowest BCUT2D eigenvalue weighted by atomic mass is 10.3. The van der Waals surface area contributed by atoms with Gasteiger partial charge in [-0.1, -0.05) is 6.92 Å². The van der Waals surface area contributed by atoms with Gasteiger partial charge in [0.15, 0.2) is 0 Å². The largest absolute Gasteiger partial charge is 0.494 e. The van der Waals surface area contributed by atoms with E-state index >= 15 is 0 Å². The predicted molar refractivity (Wildman–Crippen MR) is 68.2 cm³/mol. The Hall–Kier alpha value is -1.75. The van der Waals surface area contributed by atoms with Gasteiger partial charge in [0.2, 0.25) is 0 Å². The van der Waals surface area contributed by atoms with Crippen molar-refractivity contribution in [2.75, 3.05) is 26.3 Å². The molecule has 0 radical (unpaired) electrons. The van der Waals surface area contributed by atoms with Crippen molar-refractivity contribution >= 4 is 5.97 Å². The lowest BCUT2D eigenvalue weighted by molar-refractivity contribution is -0.135. The zero-order valence-corrected chi connectivity index (χ0v) is 10.5. The first-order valence-electron chi connectivity index (χ1n) is 6.00. The molecule has 2 N–H and O–H groups in total. The molecule has 0 saturated heterocycles. The standard InChI is InChI=1S/C13H19NO4/c1-2-8-17-11-3-5-12(6-4-11)18-9-7-14-10-13(15)16/h3-6,14H,2,7-10H2,1H3,(H,15,16). The van der Waals surface area contributed by atoms with Crippen molar-refractivity contribution in [3.63, 3.8) is 0 Å². The maximum Gasteiger partial charge on any atom is 0.317 e. The van der Waals surface area contributed by atoms with Crippen LogP contribution in [-0.4, -0.2) is 37.4 Å². The molecule has 0 heterocycles. The third-order valence-corrected chi connectivity index (χ3v) is 2.12. The molecular weight excluding hydrogens is 234 g/mol. The van der Waals surface area contributed by atoms with Crippen molar-refractivity contribution in [1.82, 2.24) is 5.32 Å². The first kappa shape index (κ1) is 14.3. The maximum absolute atomic E-state index is 10.2. The highest BCUT2D eigenvalue weighted by atomic mass is 16.5. The molecule has 0 unspecified atom stereocenters. The molecule has 0 aliphatic heterocycles. The van der Waals surface area contributed by atoms with Crippen molar-refractivity contribution in [3.05, 3.63) is 24.3 Å². The summed E-state index contributed by atoms with van der Waals surface area (Å²) in [4.78, 5) is 10.2. The number of carbonyl (C=O) groups is 1. The number of aliphatic carboxylic acids is 1. The minimum atomic E-state index is -0.868. The molecule has 100 valence electrons. The normalized spacial score (nSPS) is 10.1. The number of hydrogen-bond acceptors (Lipinski definition) is 4. The van der Waals surface area contributed by atoms with Crippen LogP contribution in [0.4, 0.5) is 0 Å². The molecule has 1 aromatic carbocycles. The summed E-state index contributed by atoms with van der Waals surface area (Å²) in [6, 6.07) is 7.38. The highest BCUT2D eigenvalue weighted by Crippen LogP contribution is 2.17. The Labute approximate surface area is 107 Å². The minimum absolute atomic E-state index is 0.0485. The predicted octanol–water partition coefficient (Wildman–Crippen LogP) is 1.53. The van der Waals surface area contributed by atoms with Crippen LogP contribution in [0.1, 0.15) is 13.3 Å². The monoisotopic (exact) mass is 253 g/mol. The maximum atomic E-state index is 10.2. The summed E-state index contributed by atoms with van der Waals surface area (Å²) >= 11 is 0. The number of carboxylic acid groups (broad SMARTS) is 1. The van der Waals surface area contributed by atoms with Crippen LogP contribution >= 0.6 is 0 Å². The molecule has 0 amide bonds. The zero-order valence-electron chi connectivity index (χ0n) is 10.5. The smallest absolute Gasteiger partial charge is 0.317 e. The number of nitrogens with one attached hydrogen (secondary N) is 1. The van der Waals surface area contributed by atoms with Gasteiger partial charge in [-0.2, -0.15) is 0 Å². The molecule has 18 heavy (non-hydrogen) atoms. The lowest BCUT2D eigenvalue weighted by Gasteiger charge is -2.08. The summed E-state index contributed by atoms with van der Waals surface area (Å²) in [5.74, 6) is 0.705. The SMILES string of the molecule is CCCOc1ccc(OCCNCC(=O)O)cc1. The van der Waals surface area contributed by atoms with Crippen LogP contribution in [0.25, 0.3) is 0 Å². The quantitative estimate of drug-likeness (QED) is 0.653. The van der Waals surface area contributed by atoms with Crippen LogP contribution in [0.2, 0.25) is 0 Å². The van der Waals surface area contributed by atoms with Gasteiger partial charge < -0.3 is 19.9 Å². The number of benzene rings is 1. The van der Waals surface area contributed by atoms with Crippen LogP contribution in [0.15, 0.2) is 24.3 Å². The van der Waals surface area contributed by atoms with E-state index in [4.69, 9.17) is 14.6 Å². The Bertz CT molecular complexity index is 351. The molecule has 1 aromatic rings. The van der Waals surface area contributed by atoms with Crippen molar-refractivity contribution < 1.29 is 19.4 Å². The van der Waals surface area contributed by atoms with Crippen molar-refractivity contribution in [2.24, 2.45) is 0 Å². The highest BCUT2D eigenvalue weighted by molar-refractivity contribution is 5.68. The molecular formula is C13H19NO4. The number of carboxylic acids is 1. The summed E-state index contributed by atoms with van der Waals surface area (Å²) in [7, 11) is 0. The Morgan fingerprint density at radius 2 is 1.72 bits per heavy atom. The van der Waals surface area contributed by atoms with E-state index in [9.17, 15) is 4.79 Å². The summed E-state index contributed by atoms with van der Waals surface area (Å²) in [5.41, 5.74) is 0. The average Bonchev–Trinajstić information content (AvgIpc) is 2.37. The van der Waals surface area contributed by atoms with E-state index in [1.54, 1.807) is 0 Å². The lowest BCUT2D eigenvalue weighted by Crippen LogP contribution is -2.26. The molecule has 0 spiro atoms. The van der Waals surface area contributed by atoms with Crippen LogP contribution in [-0.2, 0) is 4.79 Å². The Morgan fingerprint density at radius 3 is 2.22 bits per heavy atom. The highest BCUT2D eigenvalue weighted by Gasteiger charge is 1.97. The van der Waals surface area contributed by atoms with Gasteiger partial charge in [-0.25, -0.2) is 0 Å². The van der Waals surface area contributed by atoms with Gasteiger partial charge in [-0.05, 0) is 30.7 Å². The minimum Gasteiger partial charge on any atom is -0.494 e. The fourth-order valence-electron chi connectivity index (χ4n) is 1.29. The van der Waals surface area contributed by atoms with Gasteiger partial charge in [0.05, 0.1) is 13.2 Å². The molecule has 5 heteroatoms. The molecule has 0 aromatic heterocycles. The van der Waals surface area contributed by atoms with Crippen LogP contribution < -0.4 is 14.8 Å². The topological polar surface area (TPSA) is 67.8 Å². The first-order valence-corrected chi connectivity index (χ1v) is 6.00. The third-order valence-electron chi connectivity index (χ3n) is 2.12.